The van der Waals surface area contributed by atoms with Gasteiger partial charge >= 0.3 is 0 Å². The molecule has 1 rings (SSSR count). The van der Waals surface area contributed by atoms with Crippen molar-refractivity contribution in [3.05, 3.63) is 23.8 Å². The third kappa shape index (κ3) is 3.11. The fraction of sp³-hybridized carbons (Fsp3) is 0.600. The molecule has 0 unspecified atom stereocenters. The summed E-state index contributed by atoms with van der Waals surface area (Å²) in [6.07, 6.45) is 4.28. The van der Waals surface area contributed by atoms with Crippen molar-refractivity contribution in [3.8, 4) is 0 Å². The summed E-state index contributed by atoms with van der Waals surface area (Å²) in [5.41, 5.74) is 1.75. The lowest BCUT2D eigenvalue weighted by molar-refractivity contribution is 0.158. The van der Waals surface area contributed by atoms with Crippen LogP contribution in [0.3, 0.4) is 0 Å². The second kappa shape index (κ2) is 3.83. The highest BCUT2D eigenvalue weighted by Gasteiger charge is 2.17. The van der Waals surface area contributed by atoms with Crippen LogP contribution in [0.1, 0.15) is 25.2 Å². The molecule has 0 amide bonds. The van der Waals surface area contributed by atoms with Gasteiger partial charge in [-0.3, -0.25) is 9.97 Å². The van der Waals surface area contributed by atoms with Gasteiger partial charge in [0, 0.05) is 19.0 Å². The molecule has 13 heavy (non-hydrogen) atoms. The second-order valence-electron chi connectivity index (χ2n) is 4.15. The summed E-state index contributed by atoms with van der Waals surface area (Å²) in [5.74, 6) is 0. The monoisotopic (exact) mass is 180 g/mol. The highest BCUT2D eigenvalue weighted by molar-refractivity contribution is 5.02. The summed E-state index contributed by atoms with van der Waals surface area (Å²) < 4.78 is 0. The van der Waals surface area contributed by atoms with Gasteiger partial charge in [-0.2, -0.15) is 0 Å². The Hall–Kier alpha value is -0.960. The molecule has 72 valence electrons. The smallest absolute Gasteiger partial charge is 0.0593 e. The van der Waals surface area contributed by atoms with Crippen molar-refractivity contribution in [2.45, 2.75) is 27.2 Å². The third-order valence-electron chi connectivity index (χ3n) is 1.92. The zero-order chi connectivity index (χ0) is 9.90. The van der Waals surface area contributed by atoms with Crippen LogP contribution in [-0.4, -0.2) is 21.7 Å². The summed E-state index contributed by atoms with van der Waals surface area (Å²) in [4.78, 5) is 8.39. The Morgan fingerprint density at radius 2 is 2.00 bits per heavy atom. The molecule has 0 fully saturated rings. The van der Waals surface area contributed by atoms with Crippen LogP contribution in [-0.2, 0) is 6.42 Å². The standard InChI is InChI=1S/C10H16N2O/c1-8-5-12-9(6-11-8)4-10(2,3)7-13/h5-6,13H,4,7H2,1-3H3. The lowest BCUT2D eigenvalue weighted by atomic mass is 9.89. The number of hydrogen-bond acceptors (Lipinski definition) is 3. The maximum atomic E-state index is 9.06. The predicted octanol–water partition coefficient (Wildman–Crippen LogP) is 1.35. The van der Waals surface area contributed by atoms with Gasteiger partial charge in [0.1, 0.15) is 0 Å². The van der Waals surface area contributed by atoms with E-state index in [9.17, 15) is 0 Å². The fourth-order valence-corrected chi connectivity index (χ4v) is 1.06. The topological polar surface area (TPSA) is 46.0 Å². The summed E-state index contributed by atoms with van der Waals surface area (Å²) in [7, 11) is 0. The minimum absolute atomic E-state index is 0.107. The molecule has 0 aliphatic heterocycles. The van der Waals surface area contributed by atoms with Crippen LogP contribution in [0, 0.1) is 12.3 Å². The molecule has 0 radical (unpaired) electrons. The van der Waals surface area contributed by atoms with Crippen molar-refractivity contribution in [2.75, 3.05) is 6.61 Å². The maximum absolute atomic E-state index is 9.06. The molecule has 1 N–H and O–H groups in total. The van der Waals surface area contributed by atoms with E-state index >= 15 is 0 Å². The number of rotatable bonds is 3. The van der Waals surface area contributed by atoms with Gasteiger partial charge in [0.25, 0.3) is 0 Å². The molecule has 0 spiro atoms. The van der Waals surface area contributed by atoms with Gasteiger partial charge in [-0.25, -0.2) is 0 Å². The minimum Gasteiger partial charge on any atom is -0.396 e. The summed E-state index contributed by atoms with van der Waals surface area (Å²) >= 11 is 0. The zero-order valence-corrected chi connectivity index (χ0v) is 8.41. The Morgan fingerprint density at radius 1 is 1.31 bits per heavy atom. The van der Waals surface area contributed by atoms with Gasteiger partial charge in [0.2, 0.25) is 0 Å². The first-order chi connectivity index (χ1) is 6.03. The van der Waals surface area contributed by atoms with E-state index < -0.39 is 0 Å². The quantitative estimate of drug-likeness (QED) is 0.763. The third-order valence-corrected chi connectivity index (χ3v) is 1.92. The summed E-state index contributed by atoms with van der Waals surface area (Å²) in [5, 5.41) is 9.06. The SMILES string of the molecule is Cc1cnc(CC(C)(C)CO)cn1. The number of aromatic nitrogens is 2. The van der Waals surface area contributed by atoms with E-state index in [0.717, 1.165) is 17.8 Å². The zero-order valence-electron chi connectivity index (χ0n) is 8.41. The molecule has 0 saturated carbocycles. The molecule has 1 aromatic heterocycles. The van der Waals surface area contributed by atoms with Gasteiger partial charge in [0.15, 0.2) is 0 Å². The van der Waals surface area contributed by atoms with E-state index in [4.69, 9.17) is 5.11 Å². The fourth-order valence-electron chi connectivity index (χ4n) is 1.06. The second-order valence-corrected chi connectivity index (χ2v) is 4.15. The largest absolute Gasteiger partial charge is 0.396 e. The van der Waals surface area contributed by atoms with E-state index in [2.05, 4.69) is 9.97 Å². The Labute approximate surface area is 78.9 Å². The van der Waals surface area contributed by atoms with Crippen LogP contribution < -0.4 is 0 Å². The average molecular weight is 180 g/mol. The van der Waals surface area contributed by atoms with Crippen molar-refractivity contribution in [2.24, 2.45) is 5.41 Å². The van der Waals surface area contributed by atoms with Gasteiger partial charge in [-0.1, -0.05) is 13.8 Å². The number of nitrogens with zero attached hydrogens (tertiary/aromatic N) is 2. The molecular weight excluding hydrogens is 164 g/mol. The van der Waals surface area contributed by atoms with Crippen molar-refractivity contribution in [3.63, 3.8) is 0 Å². The predicted molar refractivity (Wildman–Crippen MR) is 51.3 cm³/mol. The van der Waals surface area contributed by atoms with Gasteiger partial charge < -0.3 is 5.11 Å². The number of aryl methyl sites for hydroxylation is 1. The van der Waals surface area contributed by atoms with Crippen LogP contribution in [0.5, 0.6) is 0 Å². The van der Waals surface area contributed by atoms with Crippen molar-refractivity contribution in [1.82, 2.24) is 9.97 Å². The van der Waals surface area contributed by atoms with Crippen LogP contribution in [0.25, 0.3) is 0 Å². The van der Waals surface area contributed by atoms with E-state index in [0.29, 0.717) is 0 Å². The Kier molecular flexibility index (Phi) is 2.98. The highest BCUT2D eigenvalue weighted by atomic mass is 16.3. The maximum Gasteiger partial charge on any atom is 0.0593 e. The van der Waals surface area contributed by atoms with Crippen LogP contribution >= 0.6 is 0 Å². The first kappa shape index (κ1) is 10.1. The molecule has 0 bridgehead atoms. The van der Waals surface area contributed by atoms with Crippen molar-refractivity contribution in [1.29, 1.82) is 0 Å². The molecule has 0 aliphatic rings. The average Bonchev–Trinajstić information content (AvgIpc) is 2.09. The molecule has 1 aromatic rings. The van der Waals surface area contributed by atoms with Crippen LogP contribution in [0.4, 0.5) is 0 Å². The van der Waals surface area contributed by atoms with Crippen LogP contribution in [0.15, 0.2) is 12.4 Å². The number of aliphatic hydroxyl groups is 1. The van der Waals surface area contributed by atoms with Crippen LogP contribution in [0.2, 0.25) is 0 Å². The molecular formula is C10H16N2O. The number of aliphatic hydroxyl groups excluding tert-OH is 1. The lowest BCUT2D eigenvalue weighted by Crippen LogP contribution is -2.20. The molecule has 0 atom stereocenters. The first-order valence-electron chi connectivity index (χ1n) is 4.42. The summed E-state index contributed by atoms with van der Waals surface area (Å²) in [6.45, 7) is 6.10. The molecule has 3 heteroatoms. The molecule has 1 heterocycles. The van der Waals surface area contributed by atoms with Crippen molar-refractivity contribution < 1.29 is 5.11 Å². The molecule has 0 saturated heterocycles. The normalized spacial score (nSPS) is 11.7. The lowest BCUT2D eigenvalue weighted by Gasteiger charge is -2.20. The summed E-state index contributed by atoms with van der Waals surface area (Å²) in [6, 6.07) is 0. The first-order valence-corrected chi connectivity index (χ1v) is 4.42. The van der Waals surface area contributed by atoms with E-state index in [1.165, 1.54) is 0 Å². The number of hydrogen-bond donors (Lipinski definition) is 1. The molecule has 0 aromatic carbocycles. The minimum atomic E-state index is -0.107. The van der Waals surface area contributed by atoms with Gasteiger partial charge in [-0.05, 0) is 18.8 Å². The molecule has 3 nitrogen and oxygen atoms in total. The van der Waals surface area contributed by atoms with E-state index in [1.807, 2.05) is 20.8 Å². The Bertz CT molecular complexity index is 267. The van der Waals surface area contributed by atoms with Gasteiger partial charge in [-0.15, -0.1) is 0 Å². The van der Waals surface area contributed by atoms with E-state index in [-0.39, 0.29) is 12.0 Å². The highest BCUT2D eigenvalue weighted by Crippen LogP contribution is 2.18. The Morgan fingerprint density at radius 3 is 2.46 bits per heavy atom. The van der Waals surface area contributed by atoms with Gasteiger partial charge in [0.05, 0.1) is 11.4 Å². The van der Waals surface area contributed by atoms with E-state index in [1.54, 1.807) is 12.4 Å². The van der Waals surface area contributed by atoms with Crippen molar-refractivity contribution >= 4 is 0 Å². The molecule has 0 aliphatic carbocycles. The Balaban J connectivity index is 2.69.